The minimum atomic E-state index is -0.171. The van der Waals surface area contributed by atoms with Crippen molar-refractivity contribution >= 4 is 17.5 Å². The number of nitrogens with zero attached hydrogens (tertiary/aromatic N) is 2. The molecule has 1 aliphatic rings. The average molecular weight is 354 g/mol. The second-order valence-corrected chi connectivity index (χ2v) is 6.81. The third kappa shape index (κ3) is 4.07. The van der Waals surface area contributed by atoms with Gasteiger partial charge in [0.15, 0.2) is 0 Å². The minimum absolute atomic E-state index is 0.0290. The molecule has 1 fully saturated rings. The molecular weight excluding hydrogens is 328 g/mol. The molecule has 6 nitrogen and oxygen atoms in total. The van der Waals surface area contributed by atoms with Gasteiger partial charge in [0.2, 0.25) is 0 Å². The van der Waals surface area contributed by atoms with Crippen LogP contribution in [0.25, 0.3) is 0 Å². The molecule has 1 atom stereocenters. The van der Waals surface area contributed by atoms with Crippen molar-refractivity contribution in [2.75, 3.05) is 31.6 Å². The summed E-state index contributed by atoms with van der Waals surface area (Å²) in [5.41, 5.74) is 2.07. The monoisotopic (exact) mass is 354 g/mol. The van der Waals surface area contributed by atoms with Gasteiger partial charge >= 0.3 is 0 Å². The van der Waals surface area contributed by atoms with Crippen molar-refractivity contribution < 1.29 is 9.59 Å². The largest absolute Gasteiger partial charge is 0.370 e. The summed E-state index contributed by atoms with van der Waals surface area (Å²) >= 11 is 0. The van der Waals surface area contributed by atoms with E-state index >= 15 is 0 Å². The van der Waals surface area contributed by atoms with Crippen molar-refractivity contribution in [2.24, 2.45) is 0 Å². The van der Waals surface area contributed by atoms with E-state index in [-0.39, 0.29) is 17.9 Å². The first-order chi connectivity index (χ1) is 12.6. The number of hydrogen-bond donors (Lipinski definition) is 2. The number of carbonyl (C=O) groups is 2. The van der Waals surface area contributed by atoms with Crippen LogP contribution < -0.4 is 10.2 Å². The maximum absolute atomic E-state index is 12.4. The van der Waals surface area contributed by atoms with Gasteiger partial charge < -0.3 is 20.1 Å². The number of amides is 2. The Balaban J connectivity index is 1.54. The van der Waals surface area contributed by atoms with E-state index in [9.17, 15) is 9.59 Å². The number of rotatable bonds is 6. The lowest BCUT2D eigenvalue weighted by Crippen LogP contribution is -2.40. The lowest BCUT2D eigenvalue weighted by molar-refractivity contribution is 0.0787. The van der Waals surface area contributed by atoms with Gasteiger partial charge in [-0.05, 0) is 38.0 Å². The molecule has 1 aromatic carbocycles. The van der Waals surface area contributed by atoms with E-state index in [1.807, 2.05) is 42.3 Å². The maximum Gasteiger partial charge on any atom is 0.270 e. The summed E-state index contributed by atoms with van der Waals surface area (Å²) in [6, 6.07) is 11.8. The molecule has 2 aromatic rings. The number of anilines is 1. The number of hydrogen-bond acceptors (Lipinski definition) is 3. The lowest BCUT2D eigenvalue weighted by Gasteiger charge is -2.27. The number of para-hydroxylation sites is 1. The Morgan fingerprint density at radius 2 is 1.92 bits per heavy atom. The van der Waals surface area contributed by atoms with Gasteiger partial charge in [0.1, 0.15) is 5.69 Å². The third-order valence-corrected chi connectivity index (χ3v) is 4.95. The molecule has 1 aliphatic heterocycles. The summed E-state index contributed by atoms with van der Waals surface area (Å²) in [7, 11) is 2.01. The number of H-pyrrole nitrogens is 1. The van der Waals surface area contributed by atoms with Crippen LogP contribution in [0.15, 0.2) is 42.6 Å². The molecular formula is C20H26N4O2. The maximum atomic E-state index is 12.4. The van der Waals surface area contributed by atoms with Gasteiger partial charge in [0.05, 0.1) is 5.56 Å². The van der Waals surface area contributed by atoms with Gasteiger partial charge in [-0.15, -0.1) is 0 Å². The first-order valence-electron chi connectivity index (χ1n) is 9.10. The minimum Gasteiger partial charge on any atom is -0.370 e. The smallest absolute Gasteiger partial charge is 0.270 e. The number of likely N-dealkylation sites (N-methyl/N-ethyl adjacent to an activating group) is 1. The predicted molar refractivity (Wildman–Crippen MR) is 103 cm³/mol. The van der Waals surface area contributed by atoms with Crippen molar-refractivity contribution in [3.8, 4) is 0 Å². The van der Waals surface area contributed by atoms with Crippen molar-refractivity contribution in [3.63, 3.8) is 0 Å². The molecule has 0 radical (unpaired) electrons. The fourth-order valence-electron chi connectivity index (χ4n) is 3.14. The Labute approximate surface area is 154 Å². The molecule has 2 heterocycles. The van der Waals surface area contributed by atoms with Gasteiger partial charge in [-0.2, -0.15) is 0 Å². The highest BCUT2D eigenvalue weighted by molar-refractivity contribution is 5.99. The van der Waals surface area contributed by atoms with Crippen molar-refractivity contribution in [2.45, 2.75) is 25.8 Å². The zero-order valence-corrected chi connectivity index (χ0v) is 15.4. The Morgan fingerprint density at radius 1 is 1.23 bits per heavy atom. The SMILES string of the molecule is C[C@@H](CNC(=O)c1c[nH]c(C(=O)N2CCCC2)c1)N(C)c1ccccc1. The second-order valence-electron chi connectivity index (χ2n) is 6.81. The highest BCUT2D eigenvalue weighted by Gasteiger charge is 2.22. The number of nitrogens with one attached hydrogen (secondary N) is 2. The van der Waals surface area contributed by atoms with Gasteiger partial charge in [0, 0.05) is 44.6 Å². The summed E-state index contributed by atoms with van der Waals surface area (Å²) in [5, 5.41) is 2.95. The molecule has 2 N–H and O–H groups in total. The molecule has 6 heteroatoms. The van der Waals surface area contributed by atoms with Crippen LogP contribution in [-0.4, -0.2) is 54.4 Å². The van der Waals surface area contributed by atoms with Crippen LogP contribution >= 0.6 is 0 Å². The fraction of sp³-hybridized carbons (Fsp3) is 0.400. The molecule has 0 aliphatic carbocycles. The zero-order valence-electron chi connectivity index (χ0n) is 15.4. The number of carbonyl (C=O) groups excluding carboxylic acids is 2. The van der Waals surface area contributed by atoms with Crippen LogP contribution in [0.1, 0.15) is 40.6 Å². The van der Waals surface area contributed by atoms with E-state index in [2.05, 4.69) is 22.1 Å². The predicted octanol–water partition coefficient (Wildman–Crippen LogP) is 2.51. The Morgan fingerprint density at radius 3 is 2.62 bits per heavy atom. The third-order valence-electron chi connectivity index (χ3n) is 4.95. The molecule has 0 spiro atoms. The number of likely N-dealkylation sites (tertiary alicyclic amines) is 1. The Kier molecular flexibility index (Phi) is 5.61. The fourth-order valence-corrected chi connectivity index (χ4v) is 3.14. The normalized spacial score (nSPS) is 14.9. The first-order valence-corrected chi connectivity index (χ1v) is 9.10. The summed E-state index contributed by atoms with van der Waals surface area (Å²) in [4.78, 5) is 31.6. The Hall–Kier alpha value is -2.76. The van der Waals surface area contributed by atoms with Gasteiger partial charge in [-0.1, -0.05) is 18.2 Å². The molecule has 2 amide bonds. The summed E-state index contributed by atoms with van der Waals surface area (Å²) in [6.07, 6.45) is 3.70. The van der Waals surface area contributed by atoms with E-state index < -0.39 is 0 Å². The lowest BCUT2D eigenvalue weighted by atomic mass is 10.2. The van der Waals surface area contributed by atoms with Gasteiger partial charge in [-0.3, -0.25) is 9.59 Å². The van der Waals surface area contributed by atoms with Crippen LogP contribution in [0.5, 0.6) is 0 Å². The topological polar surface area (TPSA) is 68.4 Å². The van der Waals surface area contributed by atoms with E-state index in [1.165, 1.54) is 0 Å². The van der Waals surface area contributed by atoms with Crippen molar-refractivity contribution in [3.05, 3.63) is 53.9 Å². The van der Waals surface area contributed by atoms with Crippen molar-refractivity contribution in [1.82, 2.24) is 15.2 Å². The van der Waals surface area contributed by atoms with Crippen LogP contribution in [0.4, 0.5) is 5.69 Å². The van der Waals surface area contributed by atoms with Crippen LogP contribution in [0.2, 0.25) is 0 Å². The van der Waals surface area contributed by atoms with E-state index in [0.29, 0.717) is 17.8 Å². The average Bonchev–Trinajstić information content (AvgIpc) is 3.37. The molecule has 26 heavy (non-hydrogen) atoms. The van der Waals surface area contributed by atoms with E-state index in [0.717, 1.165) is 31.6 Å². The number of aromatic amines is 1. The van der Waals surface area contributed by atoms with Crippen LogP contribution in [0, 0.1) is 0 Å². The van der Waals surface area contributed by atoms with Crippen LogP contribution in [0.3, 0.4) is 0 Å². The summed E-state index contributed by atoms with van der Waals surface area (Å²) < 4.78 is 0. The molecule has 1 aromatic heterocycles. The standard InChI is InChI=1S/C20H26N4O2/c1-15(23(2)17-8-4-3-5-9-17)13-22-19(25)16-12-18(21-14-16)20(26)24-10-6-7-11-24/h3-5,8-9,12,14-15,21H,6-7,10-11,13H2,1-2H3,(H,22,25)/t15-/m0/s1. The first kappa shape index (κ1) is 18.0. The molecule has 3 rings (SSSR count). The number of benzene rings is 1. The molecule has 138 valence electrons. The molecule has 0 bridgehead atoms. The Bertz CT molecular complexity index is 750. The van der Waals surface area contributed by atoms with E-state index in [4.69, 9.17) is 0 Å². The molecule has 1 saturated heterocycles. The van der Waals surface area contributed by atoms with Gasteiger partial charge in [-0.25, -0.2) is 0 Å². The molecule has 0 unspecified atom stereocenters. The molecule has 0 saturated carbocycles. The second kappa shape index (κ2) is 8.08. The van der Waals surface area contributed by atoms with E-state index in [1.54, 1.807) is 12.3 Å². The van der Waals surface area contributed by atoms with Crippen LogP contribution in [-0.2, 0) is 0 Å². The summed E-state index contributed by atoms with van der Waals surface area (Å²) in [6.45, 7) is 4.17. The highest BCUT2D eigenvalue weighted by Crippen LogP contribution is 2.15. The number of aromatic nitrogens is 1. The zero-order chi connectivity index (χ0) is 18.5. The summed E-state index contributed by atoms with van der Waals surface area (Å²) in [5.74, 6) is -0.200. The quantitative estimate of drug-likeness (QED) is 0.837. The van der Waals surface area contributed by atoms with Gasteiger partial charge in [0.25, 0.3) is 11.8 Å². The van der Waals surface area contributed by atoms with Crippen molar-refractivity contribution in [1.29, 1.82) is 0 Å². The highest BCUT2D eigenvalue weighted by atomic mass is 16.2.